The van der Waals surface area contributed by atoms with Gasteiger partial charge in [0.25, 0.3) is 0 Å². The van der Waals surface area contributed by atoms with Crippen molar-refractivity contribution in [3.8, 4) is 0 Å². The Morgan fingerprint density at radius 2 is 2.20 bits per heavy atom. The summed E-state index contributed by atoms with van der Waals surface area (Å²) in [7, 11) is 0. The van der Waals surface area contributed by atoms with E-state index in [0.29, 0.717) is 0 Å². The van der Waals surface area contributed by atoms with E-state index < -0.39 is 0 Å². The summed E-state index contributed by atoms with van der Waals surface area (Å²) in [5.41, 5.74) is 8.03. The van der Waals surface area contributed by atoms with Crippen molar-refractivity contribution in [3.05, 3.63) is 21.8 Å². The van der Waals surface area contributed by atoms with Crippen LogP contribution in [-0.2, 0) is 0 Å². The Bertz CT molecular complexity index is 391. The van der Waals surface area contributed by atoms with Crippen molar-refractivity contribution < 1.29 is 0 Å². The Labute approximate surface area is 104 Å². The topological polar surface area (TPSA) is 29.3 Å². The van der Waals surface area contributed by atoms with Gasteiger partial charge in [0.05, 0.1) is 5.69 Å². The number of benzene rings is 1. The predicted molar refractivity (Wildman–Crippen MR) is 72.0 cm³/mol. The van der Waals surface area contributed by atoms with E-state index in [9.17, 15) is 0 Å². The van der Waals surface area contributed by atoms with Gasteiger partial charge in [-0.3, -0.25) is 0 Å². The summed E-state index contributed by atoms with van der Waals surface area (Å²) >= 11 is 2.40. The predicted octanol–water partition coefficient (Wildman–Crippen LogP) is 2.86. The molecule has 80 valence electrons. The van der Waals surface area contributed by atoms with Gasteiger partial charge in [0, 0.05) is 21.8 Å². The fourth-order valence-corrected chi connectivity index (χ4v) is 3.83. The van der Waals surface area contributed by atoms with Crippen LogP contribution in [0, 0.1) is 9.49 Å². The highest BCUT2D eigenvalue weighted by atomic mass is 127. The molecule has 0 spiro atoms. The summed E-state index contributed by atoms with van der Waals surface area (Å²) in [5.74, 6) is 0.948. The second kappa shape index (κ2) is 3.54. The van der Waals surface area contributed by atoms with Crippen molar-refractivity contribution in [3.63, 3.8) is 0 Å². The summed E-state index contributed by atoms with van der Waals surface area (Å²) in [6, 6.07) is 7.07. The minimum atomic E-state index is 0.798. The number of nitrogens with two attached hydrogens (primary N) is 1. The first kappa shape index (κ1) is 9.75. The molecule has 0 aromatic heterocycles. The molecule has 1 aromatic carbocycles. The lowest BCUT2D eigenvalue weighted by Crippen LogP contribution is -2.32. The van der Waals surface area contributed by atoms with Crippen LogP contribution in [0.5, 0.6) is 0 Å². The molecule has 1 aromatic rings. The monoisotopic (exact) mass is 314 g/mol. The van der Waals surface area contributed by atoms with E-state index in [0.717, 1.165) is 17.6 Å². The number of halogens is 1. The summed E-state index contributed by atoms with van der Waals surface area (Å²) in [4.78, 5) is 2.58. The number of rotatable bonds is 1. The van der Waals surface area contributed by atoms with E-state index in [-0.39, 0.29) is 0 Å². The zero-order valence-corrected chi connectivity index (χ0v) is 10.8. The third-order valence-electron chi connectivity index (χ3n) is 3.69. The molecule has 15 heavy (non-hydrogen) atoms. The highest BCUT2D eigenvalue weighted by Gasteiger charge is 2.38. The van der Waals surface area contributed by atoms with E-state index in [1.807, 2.05) is 6.07 Å². The molecule has 1 saturated heterocycles. The highest BCUT2D eigenvalue weighted by Crippen LogP contribution is 2.41. The Morgan fingerprint density at radius 1 is 1.33 bits per heavy atom. The molecule has 0 amide bonds. The molecule has 2 bridgehead atoms. The minimum Gasteiger partial charge on any atom is -0.399 e. The maximum atomic E-state index is 5.78. The molecule has 1 saturated carbocycles. The summed E-state index contributed by atoms with van der Waals surface area (Å²) in [6.07, 6.45) is 4.22. The molecule has 2 atom stereocenters. The third kappa shape index (κ3) is 1.61. The summed E-state index contributed by atoms with van der Waals surface area (Å²) in [5, 5.41) is 0. The zero-order valence-electron chi connectivity index (χ0n) is 8.62. The maximum absolute atomic E-state index is 5.78. The minimum absolute atomic E-state index is 0.798. The molecule has 1 aliphatic carbocycles. The van der Waals surface area contributed by atoms with E-state index in [2.05, 4.69) is 39.6 Å². The smallest absolute Gasteiger partial charge is 0.0506 e. The van der Waals surface area contributed by atoms with Crippen LogP contribution in [0.25, 0.3) is 0 Å². The van der Waals surface area contributed by atoms with Gasteiger partial charge in [0.15, 0.2) is 0 Å². The van der Waals surface area contributed by atoms with Crippen LogP contribution < -0.4 is 10.6 Å². The average molecular weight is 314 g/mol. The lowest BCUT2D eigenvalue weighted by atomic mass is 10.1. The first-order valence-corrected chi connectivity index (χ1v) is 6.63. The van der Waals surface area contributed by atoms with Gasteiger partial charge < -0.3 is 10.6 Å². The quantitative estimate of drug-likeness (QED) is 0.638. The molecule has 2 N–H and O–H groups in total. The Balaban J connectivity index is 1.93. The highest BCUT2D eigenvalue weighted by molar-refractivity contribution is 14.1. The molecule has 1 heterocycles. The number of anilines is 2. The molecule has 2 nitrogen and oxygen atoms in total. The molecule has 2 fully saturated rings. The van der Waals surface area contributed by atoms with Gasteiger partial charge in [-0.25, -0.2) is 0 Å². The van der Waals surface area contributed by atoms with Crippen LogP contribution in [-0.4, -0.2) is 12.6 Å². The van der Waals surface area contributed by atoms with Crippen LogP contribution in [0.4, 0.5) is 11.4 Å². The zero-order chi connectivity index (χ0) is 10.4. The summed E-state index contributed by atoms with van der Waals surface area (Å²) < 4.78 is 1.29. The number of fused-ring (bicyclic) bond motifs is 2. The second-order valence-corrected chi connectivity index (χ2v) is 5.86. The average Bonchev–Trinajstić information content (AvgIpc) is 2.78. The second-order valence-electron chi connectivity index (χ2n) is 4.70. The molecule has 0 radical (unpaired) electrons. The van der Waals surface area contributed by atoms with Crippen molar-refractivity contribution >= 4 is 34.0 Å². The van der Waals surface area contributed by atoms with Gasteiger partial charge in [-0.15, -0.1) is 0 Å². The van der Waals surface area contributed by atoms with Gasteiger partial charge in [-0.2, -0.15) is 0 Å². The van der Waals surface area contributed by atoms with Gasteiger partial charge in [-0.05, 0) is 66.0 Å². The first-order valence-electron chi connectivity index (χ1n) is 5.55. The standard InChI is InChI=1S/C12H15IN2/c13-11-6-9(14)2-4-12(11)15-7-8-1-3-10(15)5-8/h2,4,6,8,10H,1,3,5,7,14H2. The Morgan fingerprint density at radius 3 is 2.80 bits per heavy atom. The van der Waals surface area contributed by atoms with E-state index in [1.165, 1.54) is 35.1 Å². The van der Waals surface area contributed by atoms with E-state index >= 15 is 0 Å². The molecule has 1 aliphatic heterocycles. The van der Waals surface area contributed by atoms with Crippen LogP contribution in [0.1, 0.15) is 19.3 Å². The van der Waals surface area contributed by atoms with Gasteiger partial charge >= 0.3 is 0 Å². The third-order valence-corrected chi connectivity index (χ3v) is 4.55. The van der Waals surface area contributed by atoms with E-state index in [1.54, 1.807) is 0 Å². The lowest BCUT2D eigenvalue weighted by Gasteiger charge is -2.30. The number of nitrogens with zero attached hydrogens (tertiary/aromatic N) is 1. The normalized spacial score (nSPS) is 28.7. The fraction of sp³-hybridized carbons (Fsp3) is 0.500. The number of hydrogen-bond donors (Lipinski definition) is 1. The molecule has 3 heteroatoms. The Kier molecular flexibility index (Phi) is 2.30. The molecule has 2 aliphatic rings. The first-order chi connectivity index (χ1) is 7.24. The van der Waals surface area contributed by atoms with Crippen molar-refractivity contribution in [2.45, 2.75) is 25.3 Å². The number of nitrogen functional groups attached to an aromatic ring is 1. The maximum Gasteiger partial charge on any atom is 0.0506 e. The van der Waals surface area contributed by atoms with Gasteiger partial charge in [-0.1, -0.05) is 0 Å². The number of hydrogen-bond acceptors (Lipinski definition) is 2. The van der Waals surface area contributed by atoms with Gasteiger partial charge in [0.2, 0.25) is 0 Å². The molecular weight excluding hydrogens is 299 g/mol. The number of piperidine rings is 1. The van der Waals surface area contributed by atoms with Crippen LogP contribution in [0.15, 0.2) is 18.2 Å². The largest absolute Gasteiger partial charge is 0.399 e. The van der Waals surface area contributed by atoms with E-state index in [4.69, 9.17) is 5.73 Å². The van der Waals surface area contributed by atoms with Crippen LogP contribution in [0.3, 0.4) is 0 Å². The fourth-order valence-electron chi connectivity index (χ4n) is 2.98. The lowest BCUT2D eigenvalue weighted by molar-refractivity contribution is 0.553. The van der Waals surface area contributed by atoms with Crippen LogP contribution in [0.2, 0.25) is 0 Å². The van der Waals surface area contributed by atoms with Gasteiger partial charge in [0.1, 0.15) is 0 Å². The SMILES string of the molecule is Nc1ccc(N2CC3CCC2C3)c(I)c1. The molecule has 2 unspecified atom stereocenters. The summed E-state index contributed by atoms with van der Waals surface area (Å²) in [6.45, 7) is 1.25. The van der Waals surface area contributed by atoms with Crippen molar-refractivity contribution in [1.82, 2.24) is 0 Å². The Hall–Kier alpha value is -0.450. The van der Waals surface area contributed by atoms with Crippen molar-refractivity contribution in [1.29, 1.82) is 0 Å². The van der Waals surface area contributed by atoms with Crippen molar-refractivity contribution in [2.75, 3.05) is 17.2 Å². The van der Waals surface area contributed by atoms with Crippen LogP contribution >= 0.6 is 22.6 Å². The molecular formula is C12H15IN2. The van der Waals surface area contributed by atoms with Crippen molar-refractivity contribution in [2.24, 2.45) is 5.92 Å². The molecule has 3 rings (SSSR count).